The Labute approximate surface area is 198 Å². The molecule has 4 heteroatoms. The Hall–Kier alpha value is -1.30. The van der Waals surface area contributed by atoms with Gasteiger partial charge in [0.15, 0.2) is 0 Å². The van der Waals surface area contributed by atoms with Crippen molar-refractivity contribution in [3.05, 3.63) is 12.2 Å². The third-order valence-corrected chi connectivity index (χ3v) is 7.35. The van der Waals surface area contributed by atoms with E-state index in [0.29, 0.717) is 26.3 Å². The zero-order valence-electron chi connectivity index (χ0n) is 21.8. The minimum Gasteiger partial charge on any atom is -0.374 e. The molecule has 0 atom stereocenters. The number of nitrogens with zero attached hydrogens (tertiary/aromatic N) is 2. The molecule has 4 nitrogen and oxygen atoms in total. The van der Waals surface area contributed by atoms with Crippen LogP contribution in [-0.2, 0) is 9.47 Å². The van der Waals surface area contributed by atoms with Crippen molar-refractivity contribution in [2.24, 2.45) is 0 Å². The number of rotatable bonds is 8. The Morgan fingerprint density at radius 1 is 0.656 bits per heavy atom. The summed E-state index contributed by atoms with van der Waals surface area (Å²) in [7, 11) is 0. The Kier molecular flexibility index (Phi) is 8.69. The van der Waals surface area contributed by atoms with E-state index in [1.807, 2.05) is 0 Å². The second-order valence-corrected chi connectivity index (χ2v) is 12.0. The van der Waals surface area contributed by atoms with E-state index >= 15 is 0 Å². The number of terminal acetylenes is 2. The first-order valence-corrected chi connectivity index (χ1v) is 12.1. The summed E-state index contributed by atoms with van der Waals surface area (Å²) in [6, 6.07) is 0. The molecule has 0 bridgehead atoms. The van der Waals surface area contributed by atoms with Crippen molar-refractivity contribution in [2.45, 2.75) is 115 Å². The van der Waals surface area contributed by atoms with Crippen molar-refractivity contribution in [3.63, 3.8) is 0 Å². The number of hydrogen-bond donors (Lipinski definition) is 0. The standard InChI is InChI=1S/C28H46N2O2/c1-11-15-29-25(3,4)19-23(20-26(29,5)6)31-17-13-14-18-32-24-21-27(7,8)30(16-12-2)28(9,10)22-24/h1-2,13-14,23-24H,15-22H2,3-10H3. The highest BCUT2D eigenvalue weighted by Crippen LogP contribution is 2.40. The van der Waals surface area contributed by atoms with Crippen LogP contribution in [-0.4, -0.2) is 70.5 Å². The molecule has 2 saturated heterocycles. The van der Waals surface area contributed by atoms with Gasteiger partial charge in [-0.05, 0) is 81.1 Å². The quantitative estimate of drug-likeness (QED) is 0.395. The molecule has 2 heterocycles. The molecule has 0 aromatic heterocycles. The Bertz CT molecular complexity index is 638. The molecule has 0 unspecified atom stereocenters. The summed E-state index contributed by atoms with van der Waals surface area (Å²) >= 11 is 0. The normalized spacial score (nSPS) is 26.1. The van der Waals surface area contributed by atoms with Gasteiger partial charge in [-0.15, -0.1) is 12.8 Å². The zero-order chi connectivity index (χ0) is 24.2. The van der Waals surface area contributed by atoms with Gasteiger partial charge in [-0.1, -0.05) is 24.0 Å². The van der Waals surface area contributed by atoms with E-state index in [-0.39, 0.29) is 34.4 Å². The maximum atomic E-state index is 6.23. The molecule has 2 fully saturated rings. The van der Waals surface area contributed by atoms with E-state index in [0.717, 1.165) is 25.7 Å². The summed E-state index contributed by atoms with van der Waals surface area (Å²) in [4.78, 5) is 4.86. The van der Waals surface area contributed by atoms with Crippen molar-refractivity contribution in [3.8, 4) is 24.7 Å². The molecular weight excluding hydrogens is 396 g/mol. The molecule has 0 saturated carbocycles. The van der Waals surface area contributed by atoms with Crippen molar-refractivity contribution in [2.75, 3.05) is 26.3 Å². The first-order chi connectivity index (χ1) is 14.7. The molecule has 32 heavy (non-hydrogen) atoms. The smallest absolute Gasteiger partial charge is 0.0652 e. The van der Waals surface area contributed by atoms with Crippen LogP contribution in [0.5, 0.6) is 0 Å². The Morgan fingerprint density at radius 2 is 0.938 bits per heavy atom. The van der Waals surface area contributed by atoms with Crippen LogP contribution >= 0.6 is 0 Å². The molecule has 0 aromatic carbocycles. The highest BCUT2D eigenvalue weighted by molar-refractivity contribution is 5.06. The van der Waals surface area contributed by atoms with Crippen LogP contribution in [0, 0.1) is 24.7 Å². The first-order valence-electron chi connectivity index (χ1n) is 12.1. The lowest BCUT2D eigenvalue weighted by Gasteiger charge is -2.54. The number of likely N-dealkylation sites (tertiary alicyclic amines) is 2. The third kappa shape index (κ3) is 6.61. The van der Waals surface area contributed by atoms with E-state index in [9.17, 15) is 0 Å². The Morgan fingerprint density at radius 3 is 1.19 bits per heavy atom. The second kappa shape index (κ2) is 10.3. The molecule has 0 N–H and O–H groups in total. The maximum Gasteiger partial charge on any atom is 0.0652 e. The molecule has 0 spiro atoms. The monoisotopic (exact) mass is 442 g/mol. The number of piperidine rings is 2. The van der Waals surface area contributed by atoms with Crippen LogP contribution in [0.25, 0.3) is 0 Å². The highest BCUT2D eigenvalue weighted by atomic mass is 16.5. The molecular formula is C28H46N2O2. The van der Waals surface area contributed by atoms with Gasteiger partial charge in [0, 0.05) is 22.2 Å². The van der Waals surface area contributed by atoms with Crippen molar-refractivity contribution >= 4 is 0 Å². The summed E-state index contributed by atoms with van der Waals surface area (Å²) in [5.41, 5.74) is 0.109. The van der Waals surface area contributed by atoms with Crippen LogP contribution in [0.1, 0.15) is 81.1 Å². The minimum absolute atomic E-state index is 0.0273. The minimum atomic E-state index is 0.0273. The molecule has 2 rings (SSSR count). The van der Waals surface area contributed by atoms with Crippen LogP contribution < -0.4 is 0 Å². The van der Waals surface area contributed by atoms with E-state index in [1.54, 1.807) is 0 Å². The van der Waals surface area contributed by atoms with Gasteiger partial charge in [0.05, 0.1) is 38.5 Å². The third-order valence-electron chi connectivity index (χ3n) is 7.35. The predicted octanol–water partition coefficient (Wildman–Crippen LogP) is 4.89. The van der Waals surface area contributed by atoms with Crippen LogP contribution in [0.4, 0.5) is 0 Å². The number of ether oxygens (including phenoxy) is 2. The van der Waals surface area contributed by atoms with Gasteiger partial charge in [-0.25, -0.2) is 0 Å². The van der Waals surface area contributed by atoms with Crippen LogP contribution in [0.3, 0.4) is 0 Å². The molecule has 0 aliphatic carbocycles. The van der Waals surface area contributed by atoms with E-state index in [4.69, 9.17) is 22.3 Å². The average molecular weight is 443 g/mol. The Balaban J connectivity index is 1.80. The molecule has 0 amide bonds. The average Bonchev–Trinajstić information content (AvgIpc) is 2.63. The highest BCUT2D eigenvalue weighted by Gasteiger charge is 2.46. The zero-order valence-corrected chi connectivity index (χ0v) is 21.8. The van der Waals surface area contributed by atoms with Gasteiger partial charge in [-0.2, -0.15) is 0 Å². The maximum absolute atomic E-state index is 6.23. The van der Waals surface area contributed by atoms with Crippen molar-refractivity contribution in [1.29, 1.82) is 0 Å². The van der Waals surface area contributed by atoms with E-state index < -0.39 is 0 Å². The SMILES string of the molecule is C#CCN1C(C)(C)CC(OCC=CCOC2CC(C)(C)N(CC#C)C(C)(C)C2)CC1(C)C. The van der Waals surface area contributed by atoms with Gasteiger partial charge in [0.25, 0.3) is 0 Å². The summed E-state index contributed by atoms with van der Waals surface area (Å²) in [6.45, 7) is 20.7. The summed E-state index contributed by atoms with van der Waals surface area (Å²) in [6.07, 6.45) is 19.8. The lowest BCUT2D eigenvalue weighted by molar-refractivity contribution is -0.0944. The van der Waals surface area contributed by atoms with Gasteiger partial charge in [0.2, 0.25) is 0 Å². The molecule has 0 aromatic rings. The largest absolute Gasteiger partial charge is 0.374 e. The van der Waals surface area contributed by atoms with E-state index in [1.165, 1.54) is 0 Å². The summed E-state index contributed by atoms with van der Waals surface area (Å²) < 4.78 is 12.5. The van der Waals surface area contributed by atoms with E-state index in [2.05, 4.69) is 89.2 Å². The molecule has 2 aliphatic heterocycles. The predicted molar refractivity (Wildman–Crippen MR) is 134 cm³/mol. The fourth-order valence-corrected chi connectivity index (χ4v) is 6.25. The van der Waals surface area contributed by atoms with Crippen molar-refractivity contribution < 1.29 is 9.47 Å². The second-order valence-electron chi connectivity index (χ2n) is 12.0. The lowest BCUT2D eigenvalue weighted by Crippen LogP contribution is -2.62. The van der Waals surface area contributed by atoms with Gasteiger partial charge in [0.1, 0.15) is 0 Å². The van der Waals surface area contributed by atoms with Gasteiger partial charge < -0.3 is 9.47 Å². The fraction of sp³-hybridized carbons (Fsp3) is 0.786. The summed E-state index contributed by atoms with van der Waals surface area (Å²) in [5, 5.41) is 0. The van der Waals surface area contributed by atoms with Gasteiger partial charge in [-0.3, -0.25) is 9.80 Å². The van der Waals surface area contributed by atoms with Crippen LogP contribution in [0.2, 0.25) is 0 Å². The van der Waals surface area contributed by atoms with Crippen molar-refractivity contribution in [1.82, 2.24) is 9.80 Å². The first kappa shape index (κ1) is 26.9. The van der Waals surface area contributed by atoms with Crippen LogP contribution in [0.15, 0.2) is 12.2 Å². The lowest BCUT2D eigenvalue weighted by atomic mass is 9.78. The number of hydrogen-bond acceptors (Lipinski definition) is 4. The van der Waals surface area contributed by atoms with Gasteiger partial charge >= 0.3 is 0 Å². The molecule has 0 radical (unpaired) electrons. The molecule has 2 aliphatic rings. The summed E-state index contributed by atoms with van der Waals surface area (Å²) in [5.74, 6) is 5.65. The fourth-order valence-electron chi connectivity index (χ4n) is 6.25. The topological polar surface area (TPSA) is 24.9 Å². The molecule has 180 valence electrons.